The van der Waals surface area contributed by atoms with E-state index in [1.54, 1.807) is 6.07 Å². The highest BCUT2D eigenvalue weighted by Crippen LogP contribution is 2.22. The van der Waals surface area contributed by atoms with E-state index in [1.165, 1.54) is 17.5 Å². The largest absolute Gasteiger partial charge is 0.363 e. The molecule has 8 heteroatoms. The van der Waals surface area contributed by atoms with E-state index in [0.29, 0.717) is 13.1 Å². The summed E-state index contributed by atoms with van der Waals surface area (Å²) < 4.78 is 27.7. The molecule has 0 radical (unpaired) electrons. The Balaban J connectivity index is 2.04. The van der Waals surface area contributed by atoms with Gasteiger partial charge in [-0.15, -0.1) is 11.3 Å². The summed E-state index contributed by atoms with van der Waals surface area (Å²) in [4.78, 5) is 4.15. The molecule has 3 N–H and O–H groups in total. The van der Waals surface area contributed by atoms with Crippen molar-refractivity contribution in [3.8, 4) is 0 Å². The van der Waals surface area contributed by atoms with Crippen molar-refractivity contribution in [2.24, 2.45) is 0 Å². The van der Waals surface area contributed by atoms with Gasteiger partial charge in [0.2, 0.25) is 10.0 Å². The number of halogens is 1. The molecule has 2 aromatic heterocycles. The lowest BCUT2D eigenvalue weighted by atomic mass is 10.4. The molecule has 0 aliphatic heterocycles. The molecule has 5 nitrogen and oxygen atoms in total. The summed E-state index contributed by atoms with van der Waals surface area (Å²) in [5.74, 6) is 0. The topological polar surface area (TPSA) is 74.0 Å². The molecular formula is C11H14BrN3O2S2. The minimum atomic E-state index is -3.46. The Hall–Kier alpha value is -0.670. The van der Waals surface area contributed by atoms with E-state index in [2.05, 4.69) is 31.0 Å². The fourth-order valence-corrected chi connectivity index (χ4v) is 4.10. The van der Waals surface area contributed by atoms with Gasteiger partial charge >= 0.3 is 0 Å². The second-order valence-electron chi connectivity index (χ2n) is 3.92. The number of nitrogens with one attached hydrogen (secondary N) is 3. The number of sulfonamides is 1. The summed E-state index contributed by atoms with van der Waals surface area (Å²) in [6.07, 6.45) is 1.50. The standard InChI is InChI=1S/C11H14BrN3O2S2/c1-13-5-8-4-10(7-14-8)19(16,17)15-6-9-2-3-11(12)18-9/h2-4,7,13-15H,5-6H2,1H3. The highest BCUT2D eigenvalue weighted by Gasteiger charge is 2.15. The van der Waals surface area contributed by atoms with Gasteiger partial charge in [0.15, 0.2) is 0 Å². The number of hydrogen-bond donors (Lipinski definition) is 3. The normalized spacial score (nSPS) is 11.9. The first-order chi connectivity index (χ1) is 9.01. The Kier molecular flexibility index (Phi) is 4.80. The molecule has 0 aliphatic carbocycles. The van der Waals surface area contributed by atoms with Gasteiger partial charge in [-0.2, -0.15) is 0 Å². The van der Waals surface area contributed by atoms with E-state index in [0.717, 1.165) is 14.4 Å². The van der Waals surface area contributed by atoms with Crippen molar-refractivity contribution < 1.29 is 8.42 Å². The summed E-state index contributed by atoms with van der Waals surface area (Å²) >= 11 is 4.86. The molecular weight excluding hydrogens is 350 g/mol. The maximum absolute atomic E-state index is 12.1. The number of aromatic amines is 1. The molecule has 2 aromatic rings. The highest BCUT2D eigenvalue weighted by molar-refractivity contribution is 9.11. The van der Waals surface area contributed by atoms with Crippen LogP contribution in [0.1, 0.15) is 10.6 Å². The Morgan fingerprint density at radius 2 is 2.16 bits per heavy atom. The van der Waals surface area contributed by atoms with Gasteiger partial charge < -0.3 is 10.3 Å². The van der Waals surface area contributed by atoms with Crippen LogP contribution in [0.15, 0.2) is 33.1 Å². The molecule has 0 unspecified atom stereocenters. The Morgan fingerprint density at radius 3 is 2.79 bits per heavy atom. The van der Waals surface area contributed by atoms with Crippen LogP contribution in [0, 0.1) is 0 Å². The lowest BCUT2D eigenvalue weighted by Gasteiger charge is -2.02. The van der Waals surface area contributed by atoms with Crippen molar-refractivity contribution in [1.82, 2.24) is 15.0 Å². The zero-order valence-electron chi connectivity index (χ0n) is 10.2. The molecule has 19 heavy (non-hydrogen) atoms. The molecule has 2 rings (SSSR count). The van der Waals surface area contributed by atoms with Crippen LogP contribution in [0.3, 0.4) is 0 Å². The minimum absolute atomic E-state index is 0.258. The monoisotopic (exact) mass is 363 g/mol. The van der Waals surface area contributed by atoms with Crippen molar-refractivity contribution >= 4 is 37.3 Å². The number of rotatable bonds is 6. The van der Waals surface area contributed by atoms with Gasteiger partial charge in [-0.05, 0) is 41.2 Å². The van der Waals surface area contributed by atoms with Crippen LogP contribution in [-0.4, -0.2) is 20.4 Å². The summed E-state index contributed by atoms with van der Waals surface area (Å²) in [6, 6.07) is 5.42. The molecule has 0 saturated carbocycles. The average molecular weight is 364 g/mol. The van der Waals surface area contributed by atoms with Crippen LogP contribution in [0.5, 0.6) is 0 Å². The van der Waals surface area contributed by atoms with Crippen LogP contribution in [0.4, 0.5) is 0 Å². The van der Waals surface area contributed by atoms with Crippen molar-refractivity contribution in [2.75, 3.05) is 7.05 Å². The molecule has 2 heterocycles. The quantitative estimate of drug-likeness (QED) is 0.734. The molecule has 0 atom stereocenters. The number of H-pyrrole nitrogens is 1. The van der Waals surface area contributed by atoms with Crippen molar-refractivity contribution in [2.45, 2.75) is 18.0 Å². The molecule has 0 aliphatic rings. The number of aromatic nitrogens is 1. The smallest absolute Gasteiger partial charge is 0.242 e. The molecule has 0 amide bonds. The first-order valence-corrected chi connectivity index (χ1v) is 8.66. The van der Waals surface area contributed by atoms with Gasteiger partial charge in [-0.1, -0.05) is 0 Å². The van der Waals surface area contributed by atoms with Gasteiger partial charge in [0.05, 0.1) is 8.68 Å². The SMILES string of the molecule is CNCc1cc(S(=O)(=O)NCc2ccc(Br)s2)c[nH]1. The zero-order valence-corrected chi connectivity index (χ0v) is 13.5. The van der Waals surface area contributed by atoms with Crippen molar-refractivity contribution in [3.05, 3.63) is 38.8 Å². The van der Waals surface area contributed by atoms with Crippen LogP contribution in [-0.2, 0) is 23.1 Å². The van der Waals surface area contributed by atoms with Gasteiger partial charge in [0.1, 0.15) is 0 Å². The Bertz CT molecular complexity index is 648. The number of hydrogen-bond acceptors (Lipinski definition) is 4. The average Bonchev–Trinajstić information content (AvgIpc) is 2.97. The van der Waals surface area contributed by atoms with Crippen molar-refractivity contribution in [3.63, 3.8) is 0 Å². The molecule has 104 valence electrons. The Morgan fingerprint density at radius 1 is 1.37 bits per heavy atom. The third-order valence-electron chi connectivity index (χ3n) is 2.46. The second-order valence-corrected chi connectivity index (χ2v) is 8.24. The summed E-state index contributed by atoms with van der Waals surface area (Å²) in [7, 11) is -1.66. The summed E-state index contributed by atoms with van der Waals surface area (Å²) in [5, 5.41) is 2.96. The molecule has 0 spiro atoms. The molecule has 0 saturated heterocycles. The summed E-state index contributed by atoms with van der Waals surface area (Å²) in [6.45, 7) is 0.901. The van der Waals surface area contributed by atoms with Crippen LogP contribution in [0.25, 0.3) is 0 Å². The van der Waals surface area contributed by atoms with Crippen LogP contribution >= 0.6 is 27.3 Å². The first kappa shape index (κ1) is 14.7. The fourth-order valence-electron chi connectivity index (χ4n) is 1.56. The Labute approximate surface area is 124 Å². The second kappa shape index (κ2) is 6.19. The predicted molar refractivity (Wildman–Crippen MR) is 79.6 cm³/mol. The van der Waals surface area contributed by atoms with E-state index >= 15 is 0 Å². The van der Waals surface area contributed by atoms with E-state index in [4.69, 9.17) is 0 Å². The van der Waals surface area contributed by atoms with E-state index in [1.807, 2.05) is 19.2 Å². The van der Waals surface area contributed by atoms with Gasteiger partial charge in [0, 0.05) is 29.9 Å². The summed E-state index contributed by atoms with van der Waals surface area (Å²) in [5.41, 5.74) is 0.835. The fraction of sp³-hybridized carbons (Fsp3) is 0.273. The van der Waals surface area contributed by atoms with Gasteiger partial charge in [-0.25, -0.2) is 13.1 Å². The minimum Gasteiger partial charge on any atom is -0.363 e. The lowest BCUT2D eigenvalue weighted by molar-refractivity contribution is 0.582. The van der Waals surface area contributed by atoms with Crippen molar-refractivity contribution in [1.29, 1.82) is 0 Å². The maximum Gasteiger partial charge on any atom is 0.242 e. The van der Waals surface area contributed by atoms with E-state index in [9.17, 15) is 8.42 Å². The van der Waals surface area contributed by atoms with E-state index in [-0.39, 0.29) is 4.90 Å². The highest BCUT2D eigenvalue weighted by atomic mass is 79.9. The molecule has 0 fully saturated rings. The lowest BCUT2D eigenvalue weighted by Crippen LogP contribution is -2.22. The molecule has 0 bridgehead atoms. The van der Waals surface area contributed by atoms with Crippen LogP contribution in [0.2, 0.25) is 0 Å². The first-order valence-electron chi connectivity index (χ1n) is 5.57. The number of thiophene rings is 1. The third kappa shape index (κ3) is 3.90. The maximum atomic E-state index is 12.1. The van der Waals surface area contributed by atoms with Gasteiger partial charge in [-0.3, -0.25) is 0 Å². The third-order valence-corrected chi connectivity index (χ3v) is 5.46. The zero-order chi connectivity index (χ0) is 13.9. The predicted octanol–water partition coefficient (Wildman–Crippen LogP) is 2.04. The van der Waals surface area contributed by atoms with Crippen LogP contribution < -0.4 is 10.0 Å². The molecule has 0 aromatic carbocycles. The van der Waals surface area contributed by atoms with E-state index < -0.39 is 10.0 Å². The van der Waals surface area contributed by atoms with Gasteiger partial charge in [0.25, 0.3) is 0 Å².